The van der Waals surface area contributed by atoms with Crippen molar-refractivity contribution in [3.05, 3.63) is 52.2 Å². The Labute approximate surface area is 169 Å². The van der Waals surface area contributed by atoms with Gasteiger partial charge < -0.3 is 9.84 Å². The van der Waals surface area contributed by atoms with E-state index < -0.39 is 11.7 Å². The molecular formula is C20H19F3N4O3. The van der Waals surface area contributed by atoms with Crippen molar-refractivity contribution in [3.63, 3.8) is 0 Å². The smallest absolute Gasteiger partial charge is 0.416 e. The monoisotopic (exact) mass is 420 g/mol. The largest absolute Gasteiger partial charge is 0.493 e. The molecule has 0 unspecified atom stereocenters. The maximum absolute atomic E-state index is 13.3. The van der Waals surface area contributed by atoms with Crippen molar-refractivity contribution in [2.45, 2.75) is 26.4 Å². The summed E-state index contributed by atoms with van der Waals surface area (Å²) < 4.78 is 46.2. The van der Waals surface area contributed by atoms with Gasteiger partial charge in [0.15, 0.2) is 5.65 Å². The van der Waals surface area contributed by atoms with Crippen molar-refractivity contribution in [1.29, 1.82) is 0 Å². The average molecular weight is 420 g/mol. The van der Waals surface area contributed by atoms with Gasteiger partial charge >= 0.3 is 6.18 Å². The lowest BCUT2D eigenvalue weighted by molar-refractivity contribution is -0.138. The minimum Gasteiger partial charge on any atom is -0.493 e. The number of nitrogens with zero attached hydrogens (tertiary/aromatic N) is 4. The predicted octanol–water partition coefficient (Wildman–Crippen LogP) is 3.02. The molecule has 1 amide bonds. The topological polar surface area (TPSA) is 80.0 Å². The van der Waals surface area contributed by atoms with Crippen LogP contribution in [0.5, 0.6) is 5.88 Å². The first-order valence-corrected chi connectivity index (χ1v) is 9.29. The third-order valence-corrected chi connectivity index (χ3v) is 5.23. The maximum Gasteiger partial charge on any atom is 0.416 e. The normalized spacial score (nSPS) is 15.2. The summed E-state index contributed by atoms with van der Waals surface area (Å²) in [4.78, 5) is 18.1. The first kappa shape index (κ1) is 20.1. The van der Waals surface area contributed by atoms with E-state index in [9.17, 15) is 23.1 Å². The Balaban J connectivity index is 1.80. The number of benzene rings is 1. The van der Waals surface area contributed by atoms with Gasteiger partial charge in [0, 0.05) is 18.1 Å². The van der Waals surface area contributed by atoms with E-state index in [0.717, 1.165) is 6.07 Å². The zero-order valence-electron chi connectivity index (χ0n) is 16.3. The molecule has 4 rings (SSSR count). The summed E-state index contributed by atoms with van der Waals surface area (Å²) in [6, 6.07) is 5.38. The second-order valence-electron chi connectivity index (χ2n) is 7.13. The first-order chi connectivity index (χ1) is 14.2. The van der Waals surface area contributed by atoms with Gasteiger partial charge in [-0.25, -0.2) is 4.98 Å². The van der Waals surface area contributed by atoms with Crippen LogP contribution in [-0.2, 0) is 22.1 Å². The van der Waals surface area contributed by atoms with Crippen LogP contribution >= 0.6 is 0 Å². The minimum atomic E-state index is -4.45. The second kappa shape index (κ2) is 7.28. The molecule has 1 aromatic carbocycles. The molecule has 1 N–H and O–H groups in total. The Morgan fingerprint density at radius 3 is 2.73 bits per heavy atom. The Kier molecular flexibility index (Phi) is 4.89. The van der Waals surface area contributed by atoms with Gasteiger partial charge in [0.1, 0.15) is 12.4 Å². The van der Waals surface area contributed by atoms with E-state index in [1.807, 2.05) is 0 Å². The number of halogens is 3. The molecule has 1 aliphatic heterocycles. The van der Waals surface area contributed by atoms with Gasteiger partial charge in [0.2, 0.25) is 5.88 Å². The lowest BCUT2D eigenvalue weighted by Crippen LogP contribution is -2.42. The van der Waals surface area contributed by atoms with E-state index in [-0.39, 0.29) is 42.7 Å². The molecular weight excluding hydrogens is 401 g/mol. The van der Waals surface area contributed by atoms with Crippen LogP contribution in [0.15, 0.2) is 24.3 Å². The molecule has 1 saturated heterocycles. The van der Waals surface area contributed by atoms with E-state index in [1.54, 1.807) is 13.0 Å². The van der Waals surface area contributed by atoms with Crippen LogP contribution in [0.25, 0.3) is 5.65 Å². The summed E-state index contributed by atoms with van der Waals surface area (Å²) >= 11 is 0. The van der Waals surface area contributed by atoms with Crippen LogP contribution in [0.4, 0.5) is 19.0 Å². The maximum atomic E-state index is 13.3. The summed E-state index contributed by atoms with van der Waals surface area (Å²) in [5.41, 5.74) is 1.32. The van der Waals surface area contributed by atoms with E-state index in [2.05, 4.69) is 10.1 Å². The highest BCUT2D eigenvalue weighted by Crippen LogP contribution is 2.34. The number of carbonyl (C=O) groups is 1. The SMILES string of the molecule is Cc1nn2c(O)cc(N3CCOCC3=O)nc2c1Cc1cccc(C(F)(F)F)c1C. The molecule has 1 aliphatic rings. The van der Waals surface area contributed by atoms with Gasteiger partial charge in [0.05, 0.1) is 24.4 Å². The number of aryl methyl sites for hydroxylation is 1. The molecule has 1 fully saturated rings. The summed E-state index contributed by atoms with van der Waals surface area (Å²) in [6.07, 6.45) is -4.30. The number of carbonyl (C=O) groups excluding carboxylic acids is 1. The van der Waals surface area contributed by atoms with E-state index in [4.69, 9.17) is 4.74 Å². The minimum absolute atomic E-state index is 0.0812. The number of ether oxygens (including phenoxy) is 1. The van der Waals surface area contributed by atoms with Gasteiger partial charge in [0.25, 0.3) is 5.91 Å². The highest BCUT2D eigenvalue weighted by Gasteiger charge is 2.33. The molecule has 0 spiro atoms. The molecule has 0 atom stereocenters. The second-order valence-corrected chi connectivity index (χ2v) is 7.13. The highest BCUT2D eigenvalue weighted by atomic mass is 19.4. The van der Waals surface area contributed by atoms with Gasteiger partial charge in [-0.05, 0) is 31.0 Å². The Morgan fingerprint density at radius 1 is 1.27 bits per heavy atom. The number of alkyl halides is 3. The number of amides is 1. The zero-order chi connectivity index (χ0) is 21.6. The lowest BCUT2D eigenvalue weighted by Gasteiger charge is -2.25. The lowest BCUT2D eigenvalue weighted by atomic mass is 9.96. The number of fused-ring (bicyclic) bond motifs is 1. The number of anilines is 1. The van der Waals surface area contributed by atoms with Crippen LogP contribution in [0, 0.1) is 13.8 Å². The molecule has 30 heavy (non-hydrogen) atoms. The quantitative estimate of drug-likeness (QED) is 0.705. The molecule has 0 radical (unpaired) electrons. The number of hydrogen-bond donors (Lipinski definition) is 1. The summed E-state index contributed by atoms with van der Waals surface area (Å²) in [5, 5.41) is 14.7. The van der Waals surface area contributed by atoms with Crippen molar-refractivity contribution in [3.8, 4) is 5.88 Å². The van der Waals surface area contributed by atoms with Gasteiger partial charge in [-0.3, -0.25) is 9.69 Å². The fourth-order valence-corrected chi connectivity index (χ4v) is 3.62. The van der Waals surface area contributed by atoms with Crippen LogP contribution in [0.3, 0.4) is 0 Å². The molecule has 0 bridgehead atoms. The number of hydrogen-bond acceptors (Lipinski definition) is 5. The zero-order valence-corrected chi connectivity index (χ0v) is 16.3. The molecule has 158 valence electrons. The predicted molar refractivity (Wildman–Crippen MR) is 102 cm³/mol. The molecule has 3 aromatic rings. The van der Waals surface area contributed by atoms with Crippen LogP contribution in [-0.4, -0.2) is 45.4 Å². The van der Waals surface area contributed by atoms with Crippen LogP contribution < -0.4 is 4.90 Å². The average Bonchev–Trinajstić information content (AvgIpc) is 2.99. The van der Waals surface area contributed by atoms with Crippen molar-refractivity contribution in [2.24, 2.45) is 0 Å². The molecule has 7 nitrogen and oxygen atoms in total. The van der Waals surface area contributed by atoms with Gasteiger partial charge in [-0.15, -0.1) is 0 Å². The summed E-state index contributed by atoms with van der Waals surface area (Å²) in [7, 11) is 0. The Hall–Kier alpha value is -3.14. The van der Waals surface area contributed by atoms with E-state index in [1.165, 1.54) is 28.5 Å². The number of aromatic hydroxyl groups is 1. The number of morpholine rings is 1. The Bertz CT molecular complexity index is 1140. The molecule has 0 aliphatic carbocycles. The molecule has 2 aromatic heterocycles. The summed E-state index contributed by atoms with van der Waals surface area (Å²) in [6.45, 7) is 3.68. The fourth-order valence-electron chi connectivity index (χ4n) is 3.62. The van der Waals surface area contributed by atoms with E-state index in [0.29, 0.717) is 29.1 Å². The third-order valence-electron chi connectivity index (χ3n) is 5.23. The summed E-state index contributed by atoms with van der Waals surface area (Å²) in [5.74, 6) is -0.261. The molecule has 0 saturated carbocycles. The number of aromatic nitrogens is 3. The van der Waals surface area contributed by atoms with Crippen LogP contribution in [0.1, 0.15) is 27.9 Å². The fraction of sp³-hybridized carbons (Fsp3) is 0.350. The van der Waals surface area contributed by atoms with Crippen molar-refractivity contribution < 1.29 is 27.8 Å². The Morgan fingerprint density at radius 2 is 2.03 bits per heavy atom. The number of rotatable bonds is 3. The van der Waals surface area contributed by atoms with Gasteiger partial charge in [-0.2, -0.15) is 22.8 Å². The first-order valence-electron chi connectivity index (χ1n) is 9.29. The van der Waals surface area contributed by atoms with Crippen LogP contribution in [0.2, 0.25) is 0 Å². The standard InChI is InChI=1S/C20H19F3N4O3/c1-11-13(4-3-5-15(11)20(21,22)23)8-14-12(2)25-27-17(28)9-16(24-19(14)27)26-6-7-30-10-18(26)29/h3-5,9,28H,6-8,10H2,1-2H3. The van der Waals surface area contributed by atoms with Gasteiger partial charge in [-0.1, -0.05) is 12.1 Å². The highest BCUT2D eigenvalue weighted by molar-refractivity contribution is 5.94. The van der Waals surface area contributed by atoms with Crippen molar-refractivity contribution in [2.75, 3.05) is 24.7 Å². The van der Waals surface area contributed by atoms with E-state index >= 15 is 0 Å². The van der Waals surface area contributed by atoms with Crippen molar-refractivity contribution >= 4 is 17.4 Å². The molecule has 10 heteroatoms. The van der Waals surface area contributed by atoms with Crippen molar-refractivity contribution in [1.82, 2.24) is 14.6 Å². The third kappa shape index (κ3) is 3.47. The molecule has 3 heterocycles.